The van der Waals surface area contributed by atoms with E-state index in [1.165, 1.54) is 0 Å². The molecule has 146 valence electrons. The van der Waals surface area contributed by atoms with Crippen LogP contribution in [0.25, 0.3) is 22.4 Å². The summed E-state index contributed by atoms with van der Waals surface area (Å²) in [6, 6.07) is 29.6. The van der Waals surface area contributed by atoms with Gasteiger partial charge in [0.1, 0.15) is 29.8 Å². The SMILES string of the molecule is N#Cc1c(-c2ccc(OCc3ccccc3)cc2)cc(-c2cccc(Br)c2)nc1N. The van der Waals surface area contributed by atoms with Gasteiger partial charge in [-0.25, -0.2) is 4.98 Å². The molecular weight excluding hydrogens is 438 g/mol. The Morgan fingerprint density at radius 1 is 0.900 bits per heavy atom. The molecule has 5 heteroatoms. The van der Waals surface area contributed by atoms with Gasteiger partial charge in [-0.2, -0.15) is 5.26 Å². The van der Waals surface area contributed by atoms with Gasteiger partial charge in [-0.3, -0.25) is 0 Å². The fourth-order valence-electron chi connectivity index (χ4n) is 3.18. The third kappa shape index (κ3) is 4.35. The molecule has 0 atom stereocenters. The van der Waals surface area contributed by atoms with Gasteiger partial charge in [0.05, 0.1) is 5.69 Å². The summed E-state index contributed by atoms with van der Waals surface area (Å²) >= 11 is 3.48. The maximum Gasteiger partial charge on any atom is 0.142 e. The summed E-state index contributed by atoms with van der Waals surface area (Å²) < 4.78 is 6.81. The number of hydrogen-bond donors (Lipinski definition) is 1. The summed E-state index contributed by atoms with van der Waals surface area (Å²) in [6.45, 7) is 0.499. The molecule has 1 aromatic heterocycles. The van der Waals surface area contributed by atoms with Gasteiger partial charge in [0, 0.05) is 15.6 Å². The van der Waals surface area contributed by atoms with Crippen LogP contribution in [-0.4, -0.2) is 4.98 Å². The molecular formula is C25H18BrN3O. The van der Waals surface area contributed by atoms with E-state index in [2.05, 4.69) is 27.0 Å². The maximum atomic E-state index is 9.63. The normalized spacial score (nSPS) is 10.4. The molecule has 4 nitrogen and oxygen atoms in total. The van der Waals surface area contributed by atoms with Crippen molar-refractivity contribution in [3.8, 4) is 34.2 Å². The monoisotopic (exact) mass is 455 g/mol. The molecule has 0 radical (unpaired) electrons. The van der Waals surface area contributed by atoms with Gasteiger partial charge < -0.3 is 10.5 Å². The lowest BCUT2D eigenvalue weighted by atomic mass is 9.98. The lowest BCUT2D eigenvalue weighted by Crippen LogP contribution is -2.00. The summed E-state index contributed by atoms with van der Waals surface area (Å²) in [5.41, 5.74) is 10.8. The summed E-state index contributed by atoms with van der Waals surface area (Å²) in [6.07, 6.45) is 0. The quantitative estimate of drug-likeness (QED) is 0.388. The van der Waals surface area contributed by atoms with Crippen molar-refractivity contribution in [2.24, 2.45) is 0 Å². The predicted octanol–water partition coefficient (Wildman–Crippen LogP) is 6.21. The molecule has 0 amide bonds. The molecule has 4 aromatic rings. The Labute approximate surface area is 183 Å². The van der Waals surface area contributed by atoms with Gasteiger partial charge in [-0.15, -0.1) is 0 Å². The van der Waals surface area contributed by atoms with E-state index >= 15 is 0 Å². The molecule has 3 aromatic carbocycles. The highest BCUT2D eigenvalue weighted by molar-refractivity contribution is 9.10. The van der Waals surface area contributed by atoms with Crippen molar-refractivity contribution < 1.29 is 4.74 Å². The molecule has 0 fully saturated rings. The number of hydrogen-bond acceptors (Lipinski definition) is 4. The van der Waals surface area contributed by atoms with E-state index in [4.69, 9.17) is 10.5 Å². The van der Waals surface area contributed by atoms with Crippen molar-refractivity contribution in [1.82, 2.24) is 4.98 Å². The Balaban J connectivity index is 1.65. The number of nitrogens with zero attached hydrogens (tertiary/aromatic N) is 2. The van der Waals surface area contributed by atoms with E-state index in [1.807, 2.05) is 84.9 Å². The fourth-order valence-corrected chi connectivity index (χ4v) is 3.58. The zero-order valence-corrected chi connectivity index (χ0v) is 17.6. The molecule has 2 N–H and O–H groups in total. The number of nitrogen functional groups attached to an aromatic ring is 1. The Morgan fingerprint density at radius 3 is 2.37 bits per heavy atom. The molecule has 4 rings (SSSR count). The summed E-state index contributed by atoms with van der Waals surface area (Å²) in [4.78, 5) is 4.43. The van der Waals surface area contributed by atoms with Crippen molar-refractivity contribution in [3.05, 3.63) is 101 Å². The third-order valence-corrected chi connectivity index (χ3v) is 5.19. The first kappa shape index (κ1) is 19.7. The van der Waals surface area contributed by atoms with Gasteiger partial charge in [0.2, 0.25) is 0 Å². The van der Waals surface area contributed by atoms with Crippen molar-refractivity contribution in [1.29, 1.82) is 5.26 Å². The van der Waals surface area contributed by atoms with Crippen LogP contribution in [0.1, 0.15) is 11.1 Å². The highest BCUT2D eigenvalue weighted by atomic mass is 79.9. The number of nitriles is 1. The van der Waals surface area contributed by atoms with E-state index in [0.29, 0.717) is 17.9 Å². The molecule has 1 heterocycles. The average Bonchev–Trinajstić information content (AvgIpc) is 2.78. The topological polar surface area (TPSA) is 71.9 Å². The lowest BCUT2D eigenvalue weighted by molar-refractivity contribution is 0.306. The van der Waals surface area contributed by atoms with E-state index in [1.54, 1.807) is 0 Å². The second-order valence-corrected chi connectivity index (χ2v) is 7.65. The van der Waals surface area contributed by atoms with Crippen molar-refractivity contribution in [2.45, 2.75) is 6.61 Å². The first-order valence-electron chi connectivity index (χ1n) is 9.38. The molecule has 0 bridgehead atoms. The molecule has 30 heavy (non-hydrogen) atoms. The molecule has 0 aliphatic heterocycles. The van der Waals surface area contributed by atoms with Crippen molar-refractivity contribution >= 4 is 21.7 Å². The van der Waals surface area contributed by atoms with Crippen LogP contribution >= 0.6 is 15.9 Å². The first-order chi connectivity index (χ1) is 14.6. The number of benzene rings is 3. The Hall–Kier alpha value is -3.62. The van der Waals surface area contributed by atoms with Crippen LogP contribution in [0.3, 0.4) is 0 Å². The van der Waals surface area contributed by atoms with Crippen LogP contribution in [-0.2, 0) is 6.61 Å². The molecule has 0 aliphatic rings. The Bertz CT molecular complexity index is 1220. The van der Waals surface area contributed by atoms with E-state index in [9.17, 15) is 5.26 Å². The third-order valence-electron chi connectivity index (χ3n) is 4.69. The van der Waals surface area contributed by atoms with E-state index in [-0.39, 0.29) is 5.82 Å². The summed E-state index contributed by atoms with van der Waals surface area (Å²) in [5, 5.41) is 9.63. The number of aromatic nitrogens is 1. The van der Waals surface area contributed by atoms with Crippen LogP contribution < -0.4 is 10.5 Å². The van der Waals surface area contributed by atoms with E-state index < -0.39 is 0 Å². The zero-order valence-electron chi connectivity index (χ0n) is 16.0. The second kappa shape index (κ2) is 8.81. The number of halogens is 1. The van der Waals surface area contributed by atoms with E-state index in [0.717, 1.165) is 32.5 Å². The van der Waals surface area contributed by atoms with Crippen molar-refractivity contribution in [3.63, 3.8) is 0 Å². The maximum absolute atomic E-state index is 9.63. The fraction of sp³-hybridized carbons (Fsp3) is 0.0400. The lowest BCUT2D eigenvalue weighted by Gasteiger charge is -2.12. The van der Waals surface area contributed by atoms with Gasteiger partial charge >= 0.3 is 0 Å². The van der Waals surface area contributed by atoms with Gasteiger partial charge in [0.25, 0.3) is 0 Å². The van der Waals surface area contributed by atoms with Gasteiger partial charge in [0.15, 0.2) is 0 Å². The van der Waals surface area contributed by atoms with Crippen LogP contribution in [0.4, 0.5) is 5.82 Å². The minimum Gasteiger partial charge on any atom is -0.489 e. The number of anilines is 1. The highest BCUT2D eigenvalue weighted by Gasteiger charge is 2.14. The largest absolute Gasteiger partial charge is 0.489 e. The predicted molar refractivity (Wildman–Crippen MR) is 123 cm³/mol. The second-order valence-electron chi connectivity index (χ2n) is 6.74. The first-order valence-corrected chi connectivity index (χ1v) is 10.2. The van der Waals surface area contributed by atoms with Gasteiger partial charge in [-0.1, -0.05) is 70.5 Å². The number of nitrogens with two attached hydrogens (primary N) is 1. The number of pyridine rings is 1. The average molecular weight is 456 g/mol. The van der Waals surface area contributed by atoms with Gasteiger partial charge in [-0.05, 0) is 41.5 Å². The van der Waals surface area contributed by atoms with Crippen LogP contribution in [0, 0.1) is 11.3 Å². The summed E-state index contributed by atoms with van der Waals surface area (Å²) in [7, 11) is 0. The minimum atomic E-state index is 0.217. The standard InChI is InChI=1S/C25H18BrN3O/c26-20-8-4-7-19(13-20)24-14-22(23(15-27)25(28)29-24)18-9-11-21(12-10-18)30-16-17-5-2-1-3-6-17/h1-14H,16H2,(H2,28,29). The Morgan fingerprint density at radius 2 is 1.67 bits per heavy atom. The smallest absolute Gasteiger partial charge is 0.142 e. The van der Waals surface area contributed by atoms with Crippen LogP contribution in [0.2, 0.25) is 0 Å². The summed E-state index contributed by atoms with van der Waals surface area (Å²) in [5.74, 6) is 0.977. The number of ether oxygens (including phenoxy) is 1. The molecule has 0 saturated carbocycles. The van der Waals surface area contributed by atoms with Crippen LogP contribution in [0.15, 0.2) is 89.4 Å². The molecule has 0 aliphatic carbocycles. The number of rotatable bonds is 5. The molecule has 0 saturated heterocycles. The molecule has 0 spiro atoms. The van der Waals surface area contributed by atoms with Crippen molar-refractivity contribution in [2.75, 3.05) is 5.73 Å². The van der Waals surface area contributed by atoms with Crippen LogP contribution in [0.5, 0.6) is 5.75 Å². The highest BCUT2D eigenvalue weighted by Crippen LogP contribution is 2.32. The minimum absolute atomic E-state index is 0.217. The molecule has 0 unspecified atom stereocenters. The zero-order chi connectivity index (χ0) is 20.9. The Kier molecular flexibility index (Phi) is 5.78.